The van der Waals surface area contributed by atoms with Crippen molar-refractivity contribution in [2.45, 2.75) is 26.2 Å². The van der Waals surface area contributed by atoms with Crippen LogP contribution in [0.4, 0.5) is 17.1 Å². The molecule has 2 aromatic rings. The van der Waals surface area contributed by atoms with Gasteiger partial charge >= 0.3 is 0 Å². The number of carbonyl (C=O) groups is 1. The van der Waals surface area contributed by atoms with Crippen LogP contribution in [0.25, 0.3) is 0 Å². The molecule has 1 fully saturated rings. The first-order valence-corrected chi connectivity index (χ1v) is 10.8. The number of hydrogen-bond donors (Lipinski definition) is 2. The zero-order valence-electron chi connectivity index (χ0n) is 15.9. The van der Waals surface area contributed by atoms with Crippen LogP contribution < -0.4 is 15.5 Å². The summed E-state index contributed by atoms with van der Waals surface area (Å²) in [6.45, 7) is 3.62. The van der Waals surface area contributed by atoms with Gasteiger partial charge in [-0.15, -0.1) is 0 Å². The number of hydrogen-bond acceptors (Lipinski definition) is 5. The van der Waals surface area contributed by atoms with Crippen molar-refractivity contribution < 1.29 is 9.72 Å². The smallest absolute Gasteiger partial charge is 0.293 e. The second-order valence-corrected chi connectivity index (χ2v) is 8.37. The Hall–Kier alpha value is -2.27. The van der Waals surface area contributed by atoms with Crippen LogP contribution in [0.2, 0.25) is 0 Å². The third-order valence-corrected chi connectivity index (χ3v) is 5.68. The Labute approximate surface area is 188 Å². The van der Waals surface area contributed by atoms with Gasteiger partial charge in [0.15, 0.2) is 5.11 Å². The molecule has 1 heterocycles. The third-order valence-electron chi connectivity index (χ3n) is 4.80. The standard InChI is InChI=1S/C20H21IN4O3S/c1-2-13-11-15(21)6-7-16(13)22-20(29)23-19(26)14-5-8-17(18(12-14)25(27)28)24-9-3-4-10-24/h5-8,11-12H,2-4,9-10H2,1H3,(H2,22,23,26,29). The average molecular weight is 524 g/mol. The first kappa shape index (κ1) is 21.4. The lowest BCUT2D eigenvalue weighted by Crippen LogP contribution is -2.34. The van der Waals surface area contributed by atoms with Crippen LogP contribution in [-0.4, -0.2) is 29.0 Å². The Morgan fingerprint density at radius 1 is 1.24 bits per heavy atom. The number of anilines is 2. The first-order valence-electron chi connectivity index (χ1n) is 9.33. The van der Waals surface area contributed by atoms with E-state index in [0.29, 0.717) is 5.69 Å². The van der Waals surface area contributed by atoms with Crippen LogP contribution in [-0.2, 0) is 6.42 Å². The van der Waals surface area contributed by atoms with Crippen molar-refractivity contribution in [3.05, 3.63) is 61.2 Å². The zero-order chi connectivity index (χ0) is 21.0. The van der Waals surface area contributed by atoms with E-state index in [0.717, 1.165) is 47.2 Å². The monoisotopic (exact) mass is 524 g/mol. The summed E-state index contributed by atoms with van der Waals surface area (Å²) >= 11 is 7.51. The van der Waals surface area contributed by atoms with Crippen molar-refractivity contribution in [3.8, 4) is 0 Å². The zero-order valence-corrected chi connectivity index (χ0v) is 18.9. The minimum absolute atomic E-state index is 0.0654. The maximum Gasteiger partial charge on any atom is 0.293 e. The molecule has 1 amide bonds. The van der Waals surface area contributed by atoms with E-state index in [4.69, 9.17) is 12.2 Å². The molecular formula is C20H21IN4O3S. The van der Waals surface area contributed by atoms with Gasteiger partial charge < -0.3 is 10.2 Å². The molecule has 9 heteroatoms. The lowest BCUT2D eigenvalue weighted by atomic mass is 10.1. The molecule has 0 spiro atoms. The number of nitro groups is 1. The maximum atomic E-state index is 12.6. The van der Waals surface area contributed by atoms with E-state index in [9.17, 15) is 14.9 Å². The van der Waals surface area contributed by atoms with Crippen molar-refractivity contribution in [1.29, 1.82) is 0 Å². The molecule has 0 aliphatic carbocycles. The lowest BCUT2D eigenvalue weighted by Gasteiger charge is -2.18. The number of amides is 1. The molecule has 0 atom stereocenters. The molecule has 152 valence electrons. The number of rotatable bonds is 5. The molecule has 0 bridgehead atoms. The molecule has 1 aliphatic rings. The van der Waals surface area contributed by atoms with Crippen molar-refractivity contribution >= 4 is 62.9 Å². The molecule has 0 unspecified atom stereocenters. The highest BCUT2D eigenvalue weighted by Gasteiger charge is 2.24. The Kier molecular flexibility index (Phi) is 7.01. The van der Waals surface area contributed by atoms with Gasteiger partial charge in [0.2, 0.25) is 0 Å². The van der Waals surface area contributed by atoms with E-state index in [2.05, 4.69) is 33.2 Å². The van der Waals surface area contributed by atoms with Gasteiger partial charge in [-0.3, -0.25) is 20.2 Å². The third kappa shape index (κ3) is 5.21. The number of nitro benzene ring substituents is 1. The van der Waals surface area contributed by atoms with Crippen LogP contribution >= 0.6 is 34.8 Å². The van der Waals surface area contributed by atoms with Gasteiger partial charge in [0.1, 0.15) is 5.69 Å². The molecule has 0 saturated carbocycles. The number of thiocarbonyl (C=S) groups is 1. The van der Waals surface area contributed by atoms with Crippen molar-refractivity contribution in [2.75, 3.05) is 23.3 Å². The summed E-state index contributed by atoms with van der Waals surface area (Å²) in [7, 11) is 0. The predicted molar refractivity (Wildman–Crippen MR) is 127 cm³/mol. The Balaban J connectivity index is 1.74. The molecule has 1 saturated heterocycles. The van der Waals surface area contributed by atoms with Gasteiger partial charge in [-0.25, -0.2) is 0 Å². The fourth-order valence-corrected chi connectivity index (χ4v) is 4.10. The topological polar surface area (TPSA) is 87.5 Å². The van der Waals surface area contributed by atoms with E-state index in [1.165, 1.54) is 6.07 Å². The summed E-state index contributed by atoms with van der Waals surface area (Å²) in [4.78, 5) is 25.6. The summed E-state index contributed by atoms with van der Waals surface area (Å²) in [6, 6.07) is 10.5. The fourth-order valence-electron chi connectivity index (χ4n) is 3.34. The fraction of sp³-hybridized carbons (Fsp3) is 0.300. The second kappa shape index (κ2) is 9.49. The van der Waals surface area contributed by atoms with Crippen LogP contribution in [0.3, 0.4) is 0 Å². The summed E-state index contributed by atoms with van der Waals surface area (Å²) in [5, 5.41) is 17.3. The molecule has 2 N–H and O–H groups in total. The normalized spacial score (nSPS) is 13.2. The number of nitrogens with one attached hydrogen (secondary N) is 2. The Morgan fingerprint density at radius 3 is 2.62 bits per heavy atom. The van der Waals surface area contributed by atoms with Gasteiger partial charge in [0.05, 0.1) is 4.92 Å². The van der Waals surface area contributed by atoms with Crippen molar-refractivity contribution in [2.24, 2.45) is 0 Å². The summed E-state index contributed by atoms with van der Waals surface area (Å²) in [6.07, 6.45) is 2.84. The van der Waals surface area contributed by atoms with E-state index in [-0.39, 0.29) is 16.4 Å². The number of aryl methyl sites for hydroxylation is 1. The maximum absolute atomic E-state index is 12.6. The van der Waals surface area contributed by atoms with Gasteiger partial charge in [-0.2, -0.15) is 0 Å². The van der Waals surface area contributed by atoms with Crippen LogP contribution in [0.15, 0.2) is 36.4 Å². The minimum atomic E-state index is -0.484. The second-order valence-electron chi connectivity index (χ2n) is 6.72. The lowest BCUT2D eigenvalue weighted by molar-refractivity contribution is -0.384. The number of halogens is 1. The van der Waals surface area contributed by atoms with E-state index < -0.39 is 10.8 Å². The number of nitrogens with zero attached hydrogens (tertiary/aromatic N) is 2. The van der Waals surface area contributed by atoms with E-state index in [1.807, 2.05) is 30.0 Å². The molecule has 0 radical (unpaired) electrons. The Morgan fingerprint density at radius 2 is 1.97 bits per heavy atom. The largest absolute Gasteiger partial charge is 0.366 e. The molecular weight excluding hydrogens is 503 g/mol. The van der Waals surface area contributed by atoms with Crippen molar-refractivity contribution in [1.82, 2.24) is 5.32 Å². The van der Waals surface area contributed by atoms with E-state index in [1.54, 1.807) is 12.1 Å². The predicted octanol–water partition coefficient (Wildman–Crippen LogP) is 4.49. The molecule has 29 heavy (non-hydrogen) atoms. The Bertz CT molecular complexity index is 961. The van der Waals surface area contributed by atoms with Crippen LogP contribution in [0.1, 0.15) is 35.7 Å². The highest BCUT2D eigenvalue weighted by atomic mass is 127. The van der Waals surface area contributed by atoms with Gasteiger partial charge in [0, 0.05) is 34.0 Å². The molecule has 1 aliphatic heterocycles. The van der Waals surface area contributed by atoms with Gasteiger partial charge in [0.25, 0.3) is 11.6 Å². The summed E-state index contributed by atoms with van der Waals surface area (Å²) in [5.74, 6) is -0.484. The van der Waals surface area contributed by atoms with Gasteiger partial charge in [-0.1, -0.05) is 6.92 Å². The average Bonchev–Trinajstić information content (AvgIpc) is 3.23. The minimum Gasteiger partial charge on any atom is -0.366 e. The highest BCUT2D eigenvalue weighted by molar-refractivity contribution is 14.1. The van der Waals surface area contributed by atoms with Crippen LogP contribution in [0.5, 0.6) is 0 Å². The summed E-state index contributed by atoms with van der Waals surface area (Å²) < 4.78 is 1.12. The summed E-state index contributed by atoms with van der Waals surface area (Å²) in [5.41, 5.74) is 2.59. The van der Waals surface area contributed by atoms with Gasteiger partial charge in [-0.05, 0) is 90.0 Å². The number of carbonyl (C=O) groups excluding carboxylic acids is 1. The molecule has 2 aromatic carbocycles. The SMILES string of the molecule is CCc1cc(I)ccc1NC(=S)NC(=O)c1ccc(N2CCCC2)c([N+](=O)[O-])c1. The van der Waals surface area contributed by atoms with E-state index >= 15 is 0 Å². The highest BCUT2D eigenvalue weighted by Crippen LogP contribution is 2.31. The quantitative estimate of drug-likeness (QED) is 0.260. The molecule has 7 nitrogen and oxygen atoms in total. The number of benzene rings is 2. The molecule has 0 aromatic heterocycles. The first-order chi connectivity index (χ1) is 13.9. The van der Waals surface area contributed by atoms with Crippen molar-refractivity contribution in [3.63, 3.8) is 0 Å². The van der Waals surface area contributed by atoms with Crippen LogP contribution in [0, 0.1) is 13.7 Å². The molecule has 3 rings (SSSR count).